The van der Waals surface area contributed by atoms with Crippen molar-refractivity contribution in [1.82, 2.24) is 4.90 Å². The number of rotatable bonds is 7. The van der Waals surface area contributed by atoms with E-state index in [0.29, 0.717) is 5.56 Å². The molecule has 0 aliphatic carbocycles. The first-order valence-corrected chi connectivity index (χ1v) is 6.28. The van der Waals surface area contributed by atoms with E-state index in [1.807, 2.05) is 33.2 Å². The largest absolute Gasteiger partial charge is 0.478 e. The molecule has 0 saturated carbocycles. The van der Waals surface area contributed by atoms with Crippen molar-refractivity contribution < 1.29 is 9.90 Å². The van der Waals surface area contributed by atoms with Gasteiger partial charge >= 0.3 is 5.97 Å². The molecule has 1 aromatic carbocycles. The predicted octanol–water partition coefficient (Wildman–Crippen LogP) is 2.16. The van der Waals surface area contributed by atoms with Crippen LogP contribution in [0.5, 0.6) is 0 Å². The molecular weight excluding hydrogens is 228 g/mol. The molecule has 4 nitrogen and oxygen atoms in total. The normalized spacial score (nSPS) is 10.7. The summed E-state index contributed by atoms with van der Waals surface area (Å²) < 4.78 is 0. The molecule has 0 spiro atoms. The number of anilines is 1. The Bertz CT molecular complexity index is 391. The lowest BCUT2D eigenvalue weighted by molar-refractivity contribution is 0.0697. The van der Waals surface area contributed by atoms with Gasteiger partial charge in [-0.3, -0.25) is 0 Å². The quantitative estimate of drug-likeness (QED) is 0.805. The summed E-state index contributed by atoms with van der Waals surface area (Å²) in [6, 6.07) is 7.19. The maximum Gasteiger partial charge on any atom is 0.337 e. The molecule has 0 unspecified atom stereocenters. The van der Waals surface area contributed by atoms with Crippen LogP contribution in [0.25, 0.3) is 0 Å². The minimum Gasteiger partial charge on any atom is -0.478 e. The Balaban J connectivity index is 2.78. The number of hydrogen-bond donors (Lipinski definition) is 1. The molecule has 4 heteroatoms. The molecule has 0 aliphatic rings. The van der Waals surface area contributed by atoms with Crippen molar-refractivity contribution in [3.63, 3.8) is 0 Å². The van der Waals surface area contributed by atoms with E-state index < -0.39 is 5.97 Å². The Morgan fingerprint density at radius 3 is 2.44 bits per heavy atom. The van der Waals surface area contributed by atoms with Crippen LogP contribution in [0.15, 0.2) is 24.3 Å². The Morgan fingerprint density at radius 2 is 1.89 bits per heavy atom. The first-order valence-electron chi connectivity index (χ1n) is 6.28. The zero-order chi connectivity index (χ0) is 13.5. The Morgan fingerprint density at radius 1 is 1.22 bits per heavy atom. The molecule has 1 rings (SSSR count). The summed E-state index contributed by atoms with van der Waals surface area (Å²) in [5, 5.41) is 9.19. The zero-order valence-electron chi connectivity index (χ0n) is 11.4. The van der Waals surface area contributed by atoms with Gasteiger partial charge in [-0.15, -0.1) is 0 Å². The molecule has 100 valence electrons. The first-order chi connectivity index (χ1) is 8.56. The van der Waals surface area contributed by atoms with Crippen molar-refractivity contribution in [3.05, 3.63) is 29.8 Å². The number of nitrogens with zero attached hydrogens (tertiary/aromatic N) is 2. The van der Waals surface area contributed by atoms with E-state index in [1.54, 1.807) is 12.1 Å². The Hall–Kier alpha value is -1.55. The van der Waals surface area contributed by atoms with Gasteiger partial charge in [0.05, 0.1) is 11.3 Å². The Labute approximate surface area is 109 Å². The van der Waals surface area contributed by atoms with Crippen LogP contribution in [0.2, 0.25) is 0 Å². The van der Waals surface area contributed by atoms with Crippen molar-refractivity contribution in [2.24, 2.45) is 0 Å². The molecule has 0 aliphatic heterocycles. The van der Waals surface area contributed by atoms with Gasteiger partial charge in [0, 0.05) is 13.1 Å². The van der Waals surface area contributed by atoms with Crippen molar-refractivity contribution in [2.75, 3.05) is 38.6 Å². The average Bonchev–Trinajstić information content (AvgIpc) is 2.34. The van der Waals surface area contributed by atoms with Crippen LogP contribution in [-0.4, -0.2) is 49.7 Å². The molecule has 0 bridgehead atoms. The zero-order valence-corrected chi connectivity index (χ0v) is 11.4. The molecule has 0 heterocycles. The molecule has 0 radical (unpaired) electrons. The molecular formula is C14H22N2O2. The molecule has 1 aromatic rings. The lowest BCUT2D eigenvalue weighted by atomic mass is 10.1. The summed E-state index contributed by atoms with van der Waals surface area (Å²) in [6.07, 6.45) is 1.02. The van der Waals surface area contributed by atoms with Gasteiger partial charge in [-0.05, 0) is 46.1 Å². The summed E-state index contributed by atoms with van der Waals surface area (Å²) in [5.41, 5.74) is 1.19. The topological polar surface area (TPSA) is 43.8 Å². The van der Waals surface area contributed by atoms with Gasteiger partial charge in [-0.2, -0.15) is 0 Å². The van der Waals surface area contributed by atoms with E-state index in [9.17, 15) is 9.90 Å². The molecule has 0 amide bonds. The minimum absolute atomic E-state index is 0.379. The summed E-state index contributed by atoms with van der Waals surface area (Å²) >= 11 is 0. The van der Waals surface area contributed by atoms with Crippen molar-refractivity contribution in [1.29, 1.82) is 0 Å². The highest BCUT2D eigenvalue weighted by Gasteiger charge is 2.13. The van der Waals surface area contributed by atoms with E-state index in [1.165, 1.54) is 0 Å². The third kappa shape index (κ3) is 4.04. The van der Waals surface area contributed by atoms with Crippen LogP contribution in [0, 0.1) is 0 Å². The summed E-state index contributed by atoms with van der Waals surface area (Å²) in [7, 11) is 4.09. The highest BCUT2D eigenvalue weighted by Crippen LogP contribution is 2.20. The van der Waals surface area contributed by atoms with Gasteiger partial charge in [-0.25, -0.2) is 4.79 Å². The molecule has 0 atom stereocenters. The fourth-order valence-electron chi connectivity index (χ4n) is 1.96. The number of aromatic carboxylic acids is 1. The number of carboxylic acids is 1. The van der Waals surface area contributed by atoms with Crippen LogP contribution < -0.4 is 4.90 Å². The number of para-hydroxylation sites is 1. The second kappa shape index (κ2) is 7.01. The standard InChI is InChI=1S/C14H22N2O2/c1-4-16(11-7-10-15(2)3)13-9-6-5-8-12(13)14(17)18/h5-6,8-9H,4,7,10-11H2,1-3H3,(H,17,18). The fourth-order valence-corrected chi connectivity index (χ4v) is 1.96. The van der Waals surface area contributed by atoms with Gasteiger partial charge in [0.2, 0.25) is 0 Å². The van der Waals surface area contributed by atoms with Gasteiger partial charge < -0.3 is 14.9 Å². The Kier molecular flexibility index (Phi) is 5.65. The van der Waals surface area contributed by atoms with Gasteiger partial charge in [0.15, 0.2) is 0 Å². The van der Waals surface area contributed by atoms with Gasteiger partial charge in [0.1, 0.15) is 0 Å². The lowest BCUT2D eigenvalue weighted by Gasteiger charge is -2.25. The van der Waals surface area contributed by atoms with Crippen LogP contribution in [0.1, 0.15) is 23.7 Å². The van der Waals surface area contributed by atoms with Gasteiger partial charge in [-0.1, -0.05) is 12.1 Å². The molecule has 0 fully saturated rings. The van der Waals surface area contributed by atoms with E-state index in [4.69, 9.17) is 0 Å². The monoisotopic (exact) mass is 250 g/mol. The number of carbonyl (C=O) groups is 1. The van der Waals surface area contributed by atoms with Crippen molar-refractivity contribution >= 4 is 11.7 Å². The highest BCUT2D eigenvalue weighted by atomic mass is 16.4. The molecule has 18 heavy (non-hydrogen) atoms. The predicted molar refractivity (Wildman–Crippen MR) is 74.5 cm³/mol. The molecule has 1 N–H and O–H groups in total. The van der Waals surface area contributed by atoms with Gasteiger partial charge in [0.25, 0.3) is 0 Å². The molecule has 0 aromatic heterocycles. The van der Waals surface area contributed by atoms with Crippen LogP contribution in [0.3, 0.4) is 0 Å². The minimum atomic E-state index is -0.864. The maximum atomic E-state index is 11.2. The maximum absolute atomic E-state index is 11.2. The SMILES string of the molecule is CCN(CCCN(C)C)c1ccccc1C(=O)O. The summed E-state index contributed by atoms with van der Waals surface area (Å²) in [4.78, 5) is 15.4. The van der Waals surface area contributed by atoms with E-state index in [2.05, 4.69) is 9.80 Å². The first kappa shape index (κ1) is 14.5. The number of hydrogen-bond acceptors (Lipinski definition) is 3. The van der Waals surface area contributed by atoms with Crippen LogP contribution in [-0.2, 0) is 0 Å². The average molecular weight is 250 g/mol. The molecule has 0 saturated heterocycles. The number of carboxylic acid groups (broad SMARTS) is 1. The van der Waals surface area contributed by atoms with Crippen molar-refractivity contribution in [2.45, 2.75) is 13.3 Å². The van der Waals surface area contributed by atoms with Crippen molar-refractivity contribution in [3.8, 4) is 0 Å². The second-order valence-electron chi connectivity index (χ2n) is 4.56. The van der Waals surface area contributed by atoms with E-state index in [-0.39, 0.29) is 0 Å². The second-order valence-corrected chi connectivity index (χ2v) is 4.56. The highest BCUT2D eigenvalue weighted by molar-refractivity contribution is 5.94. The van der Waals surface area contributed by atoms with E-state index in [0.717, 1.165) is 31.7 Å². The summed E-state index contributed by atoms with van der Waals surface area (Å²) in [5.74, 6) is -0.864. The number of benzene rings is 1. The smallest absolute Gasteiger partial charge is 0.337 e. The summed E-state index contributed by atoms with van der Waals surface area (Å²) in [6.45, 7) is 4.75. The van der Waals surface area contributed by atoms with Crippen LogP contribution >= 0.6 is 0 Å². The lowest BCUT2D eigenvalue weighted by Crippen LogP contribution is -2.28. The third-order valence-corrected chi connectivity index (χ3v) is 2.89. The van der Waals surface area contributed by atoms with E-state index >= 15 is 0 Å². The fraction of sp³-hybridized carbons (Fsp3) is 0.500. The van der Waals surface area contributed by atoms with Crippen LogP contribution in [0.4, 0.5) is 5.69 Å². The third-order valence-electron chi connectivity index (χ3n) is 2.89.